The molecule has 0 unspecified atom stereocenters. The molecule has 1 aromatic heterocycles. The highest BCUT2D eigenvalue weighted by Gasteiger charge is 2.42. The van der Waals surface area contributed by atoms with E-state index in [4.69, 9.17) is 17.4 Å². The van der Waals surface area contributed by atoms with Crippen LogP contribution in [0.5, 0.6) is 0 Å². The molecular formula is C13H17ClN4O. The van der Waals surface area contributed by atoms with Gasteiger partial charge in [-0.15, -0.1) is 0 Å². The number of carbonyl (C=O) groups excluding carboxylic acids is 1. The van der Waals surface area contributed by atoms with E-state index in [-0.39, 0.29) is 11.1 Å². The number of nitrogen functional groups attached to an aromatic ring is 1. The minimum Gasteiger partial charge on any atom is -0.349 e. The van der Waals surface area contributed by atoms with Crippen LogP contribution in [0.4, 0.5) is 5.82 Å². The average molecular weight is 281 g/mol. The van der Waals surface area contributed by atoms with Gasteiger partial charge in [-0.3, -0.25) is 4.79 Å². The third-order valence-electron chi connectivity index (χ3n) is 3.76. The fourth-order valence-electron chi connectivity index (χ4n) is 2.47. The fourth-order valence-corrected chi connectivity index (χ4v) is 2.68. The molecule has 1 aromatic rings. The molecule has 0 aliphatic heterocycles. The molecule has 0 aromatic carbocycles. The van der Waals surface area contributed by atoms with Crippen LogP contribution < -0.4 is 16.6 Å². The number of nitrogens with zero attached hydrogens (tertiary/aromatic N) is 1. The topological polar surface area (TPSA) is 80.0 Å². The predicted octanol–water partition coefficient (Wildman–Crippen LogP) is 1.94. The van der Waals surface area contributed by atoms with Crippen LogP contribution in [-0.2, 0) is 0 Å². The molecule has 2 aliphatic carbocycles. The molecule has 0 radical (unpaired) electrons. The van der Waals surface area contributed by atoms with Gasteiger partial charge < -0.3 is 10.7 Å². The first kappa shape index (κ1) is 12.7. The van der Waals surface area contributed by atoms with Crippen molar-refractivity contribution in [2.24, 2.45) is 17.7 Å². The molecule has 19 heavy (non-hydrogen) atoms. The first-order valence-electron chi connectivity index (χ1n) is 6.62. The third kappa shape index (κ3) is 2.98. The summed E-state index contributed by atoms with van der Waals surface area (Å²) in [6.07, 6.45) is 4.92. The SMILES string of the molecule is NNc1cc(C(=O)NC(C2CC2)C2CC2)cc(Cl)n1. The molecule has 0 spiro atoms. The zero-order valence-corrected chi connectivity index (χ0v) is 11.3. The Balaban J connectivity index is 1.73. The maximum Gasteiger partial charge on any atom is 0.251 e. The molecular weight excluding hydrogens is 264 g/mol. The molecule has 6 heteroatoms. The molecule has 2 fully saturated rings. The third-order valence-corrected chi connectivity index (χ3v) is 3.96. The minimum atomic E-state index is -0.0930. The normalized spacial score (nSPS) is 18.5. The quantitative estimate of drug-likeness (QED) is 0.437. The van der Waals surface area contributed by atoms with E-state index in [1.54, 1.807) is 12.1 Å². The van der Waals surface area contributed by atoms with E-state index in [0.29, 0.717) is 29.3 Å². The Kier molecular flexibility index (Phi) is 3.33. The summed E-state index contributed by atoms with van der Waals surface area (Å²) in [5.74, 6) is 6.94. The van der Waals surface area contributed by atoms with E-state index in [0.717, 1.165) is 0 Å². The lowest BCUT2D eigenvalue weighted by Gasteiger charge is -2.17. The number of hydrogen-bond donors (Lipinski definition) is 3. The van der Waals surface area contributed by atoms with Crippen LogP contribution in [0.2, 0.25) is 5.15 Å². The Morgan fingerprint density at radius 2 is 1.95 bits per heavy atom. The van der Waals surface area contributed by atoms with Crippen LogP contribution in [0.15, 0.2) is 12.1 Å². The molecule has 0 atom stereocenters. The lowest BCUT2D eigenvalue weighted by Crippen LogP contribution is -2.38. The Labute approximate surface area is 116 Å². The van der Waals surface area contributed by atoms with E-state index in [2.05, 4.69) is 15.7 Å². The number of hydrogen-bond acceptors (Lipinski definition) is 4. The Morgan fingerprint density at radius 1 is 1.32 bits per heavy atom. The Hall–Kier alpha value is -1.33. The van der Waals surface area contributed by atoms with Gasteiger partial charge in [-0.1, -0.05) is 11.6 Å². The molecule has 1 heterocycles. The van der Waals surface area contributed by atoms with Gasteiger partial charge in [0.25, 0.3) is 5.91 Å². The number of pyridine rings is 1. The summed E-state index contributed by atoms with van der Waals surface area (Å²) in [7, 11) is 0. The summed E-state index contributed by atoms with van der Waals surface area (Å²) in [4.78, 5) is 16.2. The van der Waals surface area contributed by atoms with Gasteiger partial charge in [0.1, 0.15) is 11.0 Å². The monoisotopic (exact) mass is 280 g/mol. The van der Waals surface area contributed by atoms with Gasteiger partial charge >= 0.3 is 0 Å². The van der Waals surface area contributed by atoms with Crippen molar-refractivity contribution in [3.05, 3.63) is 22.8 Å². The number of rotatable bonds is 5. The second-order valence-electron chi connectivity index (χ2n) is 5.38. The van der Waals surface area contributed by atoms with Gasteiger partial charge in [0, 0.05) is 11.6 Å². The highest BCUT2D eigenvalue weighted by molar-refractivity contribution is 6.29. The Morgan fingerprint density at radius 3 is 2.47 bits per heavy atom. The standard InChI is InChI=1S/C13H17ClN4O/c14-10-5-9(6-11(16-10)18-15)13(19)17-12(7-1-2-7)8-3-4-8/h5-8,12H,1-4,15H2,(H,16,18)(H,17,19). The first-order chi connectivity index (χ1) is 9.17. The van der Waals surface area contributed by atoms with E-state index in [1.807, 2.05) is 0 Å². The van der Waals surface area contributed by atoms with Crippen LogP contribution in [-0.4, -0.2) is 16.9 Å². The van der Waals surface area contributed by atoms with Crippen molar-refractivity contribution in [2.75, 3.05) is 5.43 Å². The highest BCUT2D eigenvalue weighted by Crippen LogP contribution is 2.44. The molecule has 1 amide bonds. The van der Waals surface area contributed by atoms with Gasteiger partial charge in [0.05, 0.1) is 0 Å². The number of amides is 1. The van der Waals surface area contributed by atoms with Crippen molar-refractivity contribution in [1.29, 1.82) is 0 Å². The maximum atomic E-state index is 12.3. The highest BCUT2D eigenvalue weighted by atomic mass is 35.5. The largest absolute Gasteiger partial charge is 0.349 e. The van der Waals surface area contributed by atoms with Crippen molar-refractivity contribution in [1.82, 2.24) is 10.3 Å². The maximum absolute atomic E-state index is 12.3. The van der Waals surface area contributed by atoms with Crippen molar-refractivity contribution < 1.29 is 4.79 Å². The van der Waals surface area contributed by atoms with Gasteiger partial charge in [-0.05, 0) is 49.7 Å². The first-order valence-corrected chi connectivity index (χ1v) is 7.00. The number of nitrogens with one attached hydrogen (secondary N) is 2. The number of aromatic nitrogens is 1. The molecule has 102 valence electrons. The molecule has 0 saturated heterocycles. The molecule has 3 rings (SSSR count). The van der Waals surface area contributed by atoms with E-state index in [1.165, 1.54) is 25.7 Å². The lowest BCUT2D eigenvalue weighted by atomic mass is 10.1. The predicted molar refractivity (Wildman–Crippen MR) is 73.8 cm³/mol. The van der Waals surface area contributed by atoms with Crippen LogP contribution >= 0.6 is 11.6 Å². The molecule has 4 N–H and O–H groups in total. The summed E-state index contributed by atoms with van der Waals surface area (Å²) in [6, 6.07) is 3.50. The van der Waals surface area contributed by atoms with Crippen molar-refractivity contribution in [3.8, 4) is 0 Å². The number of halogens is 1. The van der Waals surface area contributed by atoms with Gasteiger partial charge in [0.15, 0.2) is 0 Å². The zero-order valence-electron chi connectivity index (χ0n) is 10.5. The fraction of sp³-hybridized carbons (Fsp3) is 0.538. The van der Waals surface area contributed by atoms with E-state index < -0.39 is 0 Å². The van der Waals surface area contributed by atoms with E-state index in [9.17, 15) is 4.79 Å². The summed E-state index contributed by atoms with van der Waals surface area (Å²) in [5, 5.41) is 3.40. The van der Waals surface area contributed by atoms with Crippen LogP contribution in [0, 0.1) is 11.8 Å². The molecule has 2 aliphatic rings. The van der Waals surface area contributed by atoms with Crippen LogP contribution in [0.3, 0.4) is 0 Å². The minimum absolute atomic E-state index is 0.0930. The summed E-state index contributed by atoms with van der Waals surface area (Å²) in [5.41, 5.74) is 2.91. The van der Waals surface area contributed by atoms with Gasteiger partial charge in [-0.25, -0.2) is 10.8 Å². The Bertz CT molecular complexity index is 487. The van der Waals surface area contributed by atoms with E-state index >= 15 is 0 Å². The number of nitrogens with two attached hydrogens (primary N) is 1. The lowest BCUT2D eigenvalue weighted by molar-refractivity contribution is 0.0926. The zero-order chi connectivity index (χ0) is 13.4. The van der Waals surface area contributed by atoms with Crippen molar-refractivity contribution in [2.45, 2.75) is 31.7 Å². The molecule has 0 bridgehead atoms. The number of carbonyl (C=O) groups is 1. The van der Waals surface area contributed by atoms with Crippen LogP contribution in [0.1, 0.15) is 36.0 Å². The van der Waals surface area contributed by atoms with Gasteiger partial charge in [0.2, 0.25) is 0 Å². The smallest absolute Gasteiger partial charge is 0.251 e. The summed E-state index contributed by atoms with van der Waals surface area (Å²) >= 11 is 5.87. The summed E-state index contributed by atoms with van der Waals surface area (Å²) in [6.45, 7) is 0. The number of anilines is 1. The van der Waals surface area contributed by atoms with Crippen LogP contribution in [0.25, 0.3) is 0 Å². The summed E-state index contributed by atoms with van der Waals surface area (Å²) < 4.78 is 0. The van der Waals surface area contributed by atoms with Crippen molar-refractivity contribution >= 4 is 23.3 Å². The second-order valence-corrected chi connectivity index (χ2v) is 5.77. The number of hydrazine groups is 1. The van der Waals surface area contributed by atoms with Gasteiger partial charge in [-0.2, -0.15) is 0 Å². The second kappa shape index (κ2) is 4.98. The average Bonchev–Trinajstić information content (AvgIpc) is 3.28. The molecule has 2 saturated carbocycles. The van der Waals surface area contributed by atoms with Crippen molar-refractivity contribution in [3.63, 3.8) is 0 Å². The molecule has 5 nitrogen and oxygen atoms in total.